The van der Waals surface area contributed by atoms with E-state index in [0.717, 1.165) is 25.7 Å². The predicted octanol–water partition coefficient (Wildman–Crippen LogP) is 2.08. The second-order valence-electron chi connectivity index (χ2n) is 6.29. The van der Waals surface area contributed by atoms with Crippen molar-refractivity contribution in [2.75, 3.05) is 11.9 Å². The van der Waals surface area contributed by atoms with E-state index in [0.29, 0.717) is 12.2 Å². The van der Waals surface area contributed by atoms with Crippen molar-refractivity contribution in [3.63, 3.8) is 0 Å². The molecule has 1 saturated carbocycles. The van der Waals surface area contributed by atoms with Crippen molar-refractivity contribution >= 4 is 23.6 Å². The Morgan fingerprint density at radius 1 is 1.20 bits per heavy atom. The summed E-state index contributed by atoms with van der Waals surface area (Å²) in [4.78, 5) is 35.0. The summed E-state index contributed by atoms with van der Waals surface area (Å²) in [7, 11) is 0. The predicted molar refractivity (Wildman–Crippen MR) is 89.7 cm³/mol. The zero-order chi connectivity index (χ0) is 18.1. The van der Waals surface area contributed by atoms with Crippen LogP contribution >= 0.6 is 0 Å². The van der Waals surface area contributed by atoms with Gasteiger partial charge in [-0.1, -0.05) is 24.4 Å². The Bertz CT molecular complexity index is 593. The maximum Gasteiger partial charge on any atom is 0.306 e. The summed E-state index contributed by atoms with van der Waals surface area (Å²) in [6.07, 6.45) is 6.43. The van der Waals surface area contributed by atoms with Crippen LogP contribution in [0.1, 0.15) is 57.1 Å². The molecule has 1 heterocycles. The molecule has 8 heteroatoms. The standard InChI is InChI=1S/C17H25N3O5/c1-12-10-14(20-25-12)19-16(22)11-24-17(23)9-5-8-15(21)18-13-6-3-2-4-7-13/h10,13H,2-9,11H2,1H3,(H,18,21)(H,19,20,22). The van der Waals surface area contributed by atoms with Crippen molar-refractivity contribution in [2.24, 2.45) is 0 Å². The number of carbonyl (C=O) groups is 3. The molecule has 0 unspecified atom stereocenters. The zero-order valence-corrected chi connectivity index (χ0v) is 14.5. The largest absolute Gasteiger partial charge is 0.456 e. The fourth-order valence-corrected chi connectivity index (χ4v) is 2.76. The molecule has 1 aliphatic rings. The third-order valence-corrected chi connectivity index (χ3v) is 4.01. The average molecular weight is 351 g/mol. The molecule has 0 aliphatic heterocycles. The van der Waals surface area contributed by atoms with Crippen LogP contribution < -0.4 is 10.6 Å². The molecule has 1 fully saturated rings. The normalized spacial score (nSPS) is 14.8. The molecule has 0 bridgehead atoms. The summed E-state index contributed by atoms with van der Waals surface area (Å²) >= 11 is 0. The molecule has 0 aromatic carbocycles. The van der Waals surface area contributed by atoms with Gasteiger partial charge in [0.1, 0.15) is 5.76 Å². The second-order valence-corrected chi connectivity index (χ2v) is 6.29. The van der Waals surface area contributed by atoms with Crippen LogP contribution in [0.3, 0.4) is 0 Å². The zero-order valence-electron chi connectivity index (χ0n) is 14.5. The van der Waals surface area contributed by atoms with E-state index in [1.165, 1.54) is 6.42 Å². The monoisotopic (exact) mass is 351 g/mol. The third-order valence-electron chi connectivity index (χ3n) is 4.01. The molecule has 138 valence electrons. The summed E-state index contributed by atoms with van der Waals surface area (Å²) in [5, 5.41) is 9.06. The van der Waals surface area contributed by atoms with E-state index >= 15 is 0 Å². The quantitative estimate of drug-likeness (QED) is 0.694. The Kier molecular flexibility index (Phi) is 7.43. The van der Waals surface area contributed by atoms with Gasteiger partial charge in [-0.25, -0.2) is 0 Å². The van der Waals surface area contributed by atoms with Gasteiger partial charge in [0.05, 0.1) is 0 Å². The van der Waals surface area contributed by atoms with E-state index in [-0.39, 0.29) is 37.2 Å². The van der Waals surface area contributed by atoms with Gasteiger partial charge in [-0.2, -0.15) is 0 Å². The van der Waals surface area contributed by atoms with Gasteiger partial charge in [0, 0.05) is 24.9 Å². The first-order valence-corrected chi connectivity index (χ1v) is 8.71. The van der Waals surface area contributed by atoms with Crippen molar-refractivity contribution in [3.05, 3.63) is 11.8 Å². The van der Waals surface area contributed by atoms with E-state index in [4.69, 9.17) is 9.26 Å². The van der Waals surface area contributed by atoms with Crippen LogP contribution in [-0.4, -0.2) is 35.6 Å². The Morgan fingerprint density at radius 3 is 2.64 bits per heavy atom. The van der Waals surface area contributed by atoms with E-state index in [1.54, 1.807) is 13.0 Å². The highest BCUT2D eigenvalue weighted by atomic mass is 16.5. The van der Waals surface area contributed by atoms with E-state index in [9.17, 15) is 14.4 Å². The molecule has 0 saturated heterocycles. The molecule has 2 N–H and O–H groups in total. The maximum atomic E-state index is 11.8. The lowest BCUT2D eigenvalue weighted by Crippen LogP contribution is -2.36. The highest BCUT2D eigenvalue weighted by Crippen LogP contribution is 2.17. The number of esters is 1. The summed E-state index contributed by atoms with van der Waals surface area (Å²) in [6.45, 7) is 1.31. The minimum absolute atomic E-state index is 0.0288. The van der Waals surface area contributed by atoms with Gasteiger partial charge in [0.15, 0.2) is 12.4 Å². The number of anilines is 1. The van der Waals surface area contributed by atoms with Crippen molar-refractivity contribution in [2.45, 2.75) is 64.3 Å². The molecular formula is C17H25N3O5. The highest BCUT2D eigenvalue weighted by molar-refractivity contribution is 5.91. The fraction of sp³-hybridized carbons (Fsp3) is 0.647. The average Bonchev–Trinajstić information content (AvgIpc) is 2.98. The summed E-state index contributed by atoms with van der Waals surface area (Å²) in [5.74, 6) is -0.177. The Balaban J connectivity index is 1.54. The van der Waals surface area contributed by atoms with Crippen LogP contribution in [0, 0.1) is 6.92 Å². The van der Waals surface area contributed by atoms with Gasteiger partial charge in [0.2, 0.25) is 5.91 Å². The topological polar surface area (TPSA) is 111 Å². The van der Waals surface area contributed by atoms with Gasteiger partial charge in [-0.3, -0.25) is 14.4 Å². The molecule has 1 aromatic heterocycles. The molecule has 0 spiro atoms. The molecule has 2 rings (SSSR count). The van der Waals surface area contributed by atoms with Crippen LogP contribution in [0.5, 0.6) is 0 Å². The van der Waals surface area contributed by atoms with Crippen molar-refractivity contribution < 1.29 is 23.6 Å². The second kappa shape index (κ2) is 9.80. The first-order valence-electron chi connectivity index (χ1n) is 8.71. The Labute approximate surface area is 146 Å². The number of nitrogens with zero attached hydrogens (tertiary/aromatic N) is 1. The Morgan fingerprint density at radius 2 is 1.96 bits per heavy atom. The fourth-order valence-electron chi connectivity index (χ4n) is 2.76. The lowest BCUT2D eigenvalue weighted by molar-refractivity contribution is -0.147. The number of hydrogen-bond donors (Lipinski definition) is 2. The summed E-state index contributed by atoms with van der Waals surface area (Å²) in [5.41, 5.74) is 0. The smallest absolute Gasteiger partial charge is 0.306 e. The number of aromatic nitrogens is 1. The van der Waals surface area contributed by atoms with Crippen molar-refractivity contribution in [1.29, 1.82) is 0 Å². The number of aryl methyl sites for hydroxylation is 1. The van der Waals surface area contributed by atoms with Crippen molar-refractivity contribution in [1.82, 2.24) is 10.5 Å². The van der Waals surface area contributed by atoms with Gasteiger partial charge in [0.25, 0.3) is 5.91 Å². The molecule has 1 aromatic rings. The van der Waals surface area contributed by atoms with Gasteiger partial charge < -0.3 is 19.9 Å². The van der Waals surface area contributed by atoms with Crippen molar-refractivity contribution in [3.8, 4) is 0 Å². The minimum atomic E-state index is -0.503. The molecule has 8 nitrogen and oxygen atoms in total. The lowest BCUT2D eigenvalue weighted by Gasteiger charge is -2.22. The first-order chi connectivity index (χ1) is 12.0. The van der Waals surface area contributed by atoms with E-state index < -0.39 is 11.9 Å². The highest BCUT2D eigenvalue weighted by Gasteiger charge is 2.16. The number of nitrogens with one attached hydrogen (secondary N) is 2. The maximum absolute atomic E-state index is 11.8. The molecular weight excluding hydrogens is 326 g/mol. The molecule has 2 amide bonds. The number of hydrogen-bond acceptors (Lipinski definition) is 6. The SMILES string of the molecule is Cc1cc(NC(=O)COC(=O)CCCC(=O)NC2CCCCC2)no1. The number of amides is 2. The van der Waals surface area contributed by atoms with E-state index in [2.05, 4.69) is 15.8 Å². The van der Waals surface area contributed by atoms with Gasteiger partial charge in [-0.05, 0) is 26.2 Å². The minimum Gasteiger partial charge on any atom is -0.456 e. The van der Waals surface area contributed by atoms with Crippen LogP contribution in [0.4, 0.5) is 5.82 Å². The van der Waals surface area contributed by atoms with Gasteiger partial charge in [-0.15, -0.1) is 0 Å². The number of rotatable bonds is 8. The molecule has 1 aliphatic carbocycles. The van der Waals surface area contributed by atoms with E-state index in [1.807, 2.05) is 0 Å². The lowest BCUT2D eigenvalue weighted by atomic mass is 9.95. The van der Waals surface area contributed by atoms with Crippen LogP contribution in [0.2, 0.25) is 0 Å². The third kappa shape index (κ3) is 7.36. The van der Waals surface area contributed by atoms with Crippen LogP contribution in [0.15, 0.2) is 10.6 Å². The molecule has 0 radical (unpaired) electrons. The molecule has 0 atom stereocenters. The summed E-state index contributed by atoms with van der Waals surface area (Å²) in [6, 6.07) is 1.84. The van der Waals surface area contributed by atoms with Crippen LogP contribution in [0.25, 0.3) is 0 Å². The first kappa shape index (κ1) is 19.0. The van der Waals surface area contributed by atoms with Gasteiger partial charge >= 0.3 is 5.97 Å². The Hall–Kier alpha value is -2.38. The number of ether oxygens (including phenoxy) is 1. The number of carbonyl (C=O) groups excluding carboxylic acids is 3. The van der Waals surface area contributed by atoms with Crippen LogP contribution in [-0.2, 0) is 19.1 Å². The molecule has 25 heavy (non-hydrogen) atoms. The summed E-state index contributed by atoms with van der Waals surface area (Å²) < 4.78 is 9.68.